The highest BCUT2D eigenvalue weighted by Gasteiger charge is 2.43. The standard InChI is InChI=1S/C31H30N4O2/c1-37-25-15-10-14-24(19-25)35-29(36)27-28(33-30(35)34-32-21-22-11-4-2-5-12-22)26-16-7-6-13-23(26)20-31(27)17-8-3-9-18-31/h2,4-7,10-16,19,21H,3,8-9,17-18,20H2,1H3,(H,33,34)/b32-21+. The fraction of sp³-hybridized carbons (Fsp3) is 0.258. The first kappa shape index (κ1) is 23.2. The maximum Gasteiger partial charge on any atom is 0.263 e. The van der Waals surface area contributed by atoms with E-state index in [-0.39, 0.29) is 11.0 Å². The summed E-state index contributed by atoms with van der Waals surface area (Å²) in [5.41, 5.74) is 8.44. The van der Waals surface area contributed by atoms with Crippen LogP contribution in [0.3, 0.4) is 0 Å². The van der Waals surface area contributed by atoms with Gasteiger partial charge in [0.25, 0.3) is 5.56 Å². The minimum atomic E-state index is -0.196. The smallest absolute Gasteiger partial charge is 0.263 e. The van der Waals surface area contributed by atoms with E-state index in [4.69, 9.17) is 9.72 Å². The zero-order chi connectivity index (χ0) is 25.2. The molecule has 0 atom stereocenters. The molecule has 4 aromatic rings. The van der Waals surface area contributed by atoms with Crippen molar-refractivity contribution in [1.82, 2.24) is 9.55 Å². The molecule has 0 unspecified atom stereocenters. The van der Waals surface area contributed by atoms with E-state index in [2.05, 4.69) is 28.7 Å². The van der Waals surface area contributed by atoms with Crippen molar-refractivity contribution < 1.29 is 4.74 Å². The average Bonchev–Trinajstić information content (AvgIpc) is 2.94. The normalized spacial score (nSPS) is 15.8. The number of ether oxygens (including phenoxy) is 1. The summed E-state index contributed by atoms with van der Waals surface area (Å²) in [5.74, 6) is 1.06. The number of anilines is 1. The van der Waals surface area contributed by atoms with Gasteiger partial charge in [0, 0.05) is 17.0 Å². The lowest BCUT2D eigenvalue weighted by molar-refractivity contribution is 0.284. The molecule has 0 saturated heterocycles. The van der Waals surface area contributed by atoms with Crippen LogP contribution in [-0.4, -0.2) is 22.9 Å². The van der Waals surface area contributed by atoms with E-state index < -0.39 is 0 Å². The Balaban J connectivity index is 1.58. The molecule has 1 saturated carbocycles. The Hall–Kier alpha value is -4.19. The Labute approximate surface area is 216 Å². The summed E-state index contributed by atoms with van der Waals surface area (Å²) < 4.78 is 7.14. The lowest BCUT2D eigenvalue weighted by Crippen LogP contribution is -2.42. The average molecular weight is 491 g/mol. The molecule has 0 radical (unpaired) electrons. The maximum absolute atomic E-state index is 14.5. The topological polar surface area (TPSA) is 68.5 Å². The van der Waals surface area contributed by atoms with Gasteiger partial charge in [0.2, 0.25) is 5.95 Å². The molecule has 6 rings (SSSR count). The van der Waals surface area contributed by atoms with E-state index in [0.29, 0.717) is 17.4 Å². The minimum absolute atomic E-state index is 0.0351. The Kier molecular flexibility index (Phi) is 6.08. The number of fused-ring (bicyclic) bond motifs is 4. The van der Waals surface area contributed by atoms with Crippen LogP contribution in [-0.2, 0) is 11.8 Å². The van der Waals surface area contributed by atoms with Crippen LogP contribution in [0.5, 0.6) is 5.75 Å². The summed E-state index contributed by atoms with van der Waals surface area (Å²) in [5, 5.41) is 4.46. The van der Waals surface area contributed by atoms with Crippen molar-refractivity contribution in [2.75, 3.05) is 12.5 Å². The molecule has 6 nitrogen and oxygen atoms in total. The van der Waals surface area contributed by atoms with Crippen LogP contribution < -0.4 is 15.7 Å². The molecule has 1 spiro atoms. The van der Waals surface area contributed by atoms with Gasteiger partial charge in [0.1, 0.15) is 5.75 Å². The van der Waals surface area contributed by atoms with Gasteiger partial charge in [-0.1, -0.05) is 79.9 Å². The second-order valence-corrected chi connectivity index (χ2v) is 9.96. The van der Waals surface area contributed by atoms with Crippen LogP contribution in [0.2, 0.25) is 0 Å². The molecule has 1 aromatic heterocycles. The molecule has 0 amide bonds. The van der Waals surface area contributed by atoms with Crippen LogP contribution >= 0.6 is 0 Å². The first-order valence-corrected chi connectivity index (χ1v) is 12.9. The number of methoxy groups -OCH3 is 1. The third-order valence-electron chi connectivity index (χ3n) is 7.71. The van der Waals surface area contributed by atoms with Gasteiger partial charge < -0.3 is 4.74 Å². The fourth-order valence-electron chi connectivity index (χ4n) is 5.98. The summed E-state index contributed by atoms with van der Waals surface area (Å²) in [4.78, 5) is 19.7. The van der Waals surface area contributed by atoms with Gasteiger partial charge in [-0.2, -0.15) is 5.10 Å². The van der Waals surface area contributed by atoms with Gasteiger partial charge in [-0.3, -0.25) is 4.79 Å². The van der Waals surface area contributed by atoms with Crippen LogP contribution in [0.1, 0.15) is 48.8 Å². The van der Waals surface area contributed by atoms with Crippen molar-refractivity contribution >= 4 is 12.2 Å². The van der Waals surface area contributed by atoms with Crippen LogP contribution in [0.25, 0.3) is 16.9 Å². The van der Waals surface area contributed by atoms with E-state index in [1.54, 1.807) is 17.9 Å². The van der Waals surface area contributed by atoms with Crippen molar-refractivity contribution in [2.45, 2.75) is 43.9 Å². The zero-order valence-electron chi connectivity index (χ0n) is 21.0. The molecule has 6 heteroatoms. The highest BCUT2D eigenvalue weighted by atomic mass is 16.5. The molecule has 2 aliphatic rings. The third-order valence-corrected chi connectivity index (χ3v) is 7.71. The SMILES string of the molecule is COc1cccc(-n2c(N/N=C/c3ccccc3)nc3c(c2=O)C2(CCCCC2)Cc2ccccc2-3)c1. The minimum Gasteiger partial charge on any atom is -0.497 e. The van der Waals surface area contributed by atoms with E-state index in [0.717, 1.165) is 54.5 Å². The van der Waals surface area contributed by atoms with Crippen LogP contribution in [0.15, 0.2) is 88.8 Å². The van der Waals surface area contributed by atoms with E-state index in [9.17, 15) is 4.79 Å². The lowest BCUT2D eigenvalue weighted by atomic mass is 9.62. The van der Waals surface area contributed by atoms with Gasteiger partial charge in [-0.15, -0.1) is 0 Å². The van der Waals surface area contributed by atoms with Crippen molar-refractivity contribution in [1.29, 1.82) is 0 Å². The highest BCUT2D eigenvalue weighted by Crippen LogP contribution is 2.48. The number of nitrogens with zero attached hydrogens (tertiary/aromatic N) is 3. The summed E-state index contributed by atoms with van der Waals surface area (Å²) in [6, 6.07) is 25.8. The van der Waals surface area contributed by atoms with Crippen molar-refractivity contribution in [3.8, 4) is 22.7 Å². The molecule has 0 bridgehead atoms. The summed E-state index contributed by atoms with van der Waals surface area (Å²) >= 11 is 0. The first-order chi connectivity index (χ1) is 18.2. The highest BCUT2D eigenvalue weighted by molar-refractivity contribution is 5.80. The predicted molar refractivity (Wildman–Crippen MR) is 148 cm³/mol. The number of benzene rings is 3. The van der Waals surface area contributed by atoms with Crippen LogP contribution in [0.4, 0.5) is 5.95 Å². The quantitative estimate of drug-likeness (QED) is 0.271. The molecule has 1 heterocycles. The van der Waals surface area contributed by atoms with Gasteiger partial charge in [0.05, 0.1) is 30.3 Å². The maximum atomic E-state index is 14.5. The summed E-state index contributed by atoms with van der Waals surface area (Å²) in [7, 11) is 1.63. The zero-order valence-corrected chi connectivity index (χ0v) is 21.0. The van der Waals surface area contributed by atoms with Crippen LogP contribution in [0, 0.1) is 0 Å². The monoisotopic (exact) mass is 490 g/mol. The number of hydrazone groups is 1. The van der Waals surface area contributed by atoms with Crippen molar-refractivity contribution in [2.24, 2.45) is 5.10 Å². The largest absolute Gasteiger partial charge is 0.497 e. The van der Waals surface area contributed by atoms with Gasteiger partial charge in [-0.25, -0.2) is 15.0 Å². The molecule has 0 aliphatic heterocycles. The number of nitrogens with one attached hydrogen (secondary N) is 1. The molecular formula is C31H30N4O2. The Morgan fingerprint density at radius 3 is 2.57 bits per heavy atom. The van der Waals surface area contributed by atoms with Gasteiger partial charge in [-0.05, 0) is 42.5 Å². The van der Waals surface area contributed by atoms with Gasteiger partial charge >= 0.3 is 0 Å². The van der Waals surface area contributed by atoms with Crippen molar-refractivity contribution in [3.63, 3.8) is 0 Å². The number of aromatic nitrogens is 2. The first-order valence-electron chi connectivity index (χ1n) is 12.9. The second kappa shape index (κ2) is 9.69. The van der Waals surface area contributed by atoms with E-state index in [1.807, 2.05) is 60.7 Å². The van der Waals surface area contributed by atoms with Gasteiger partial charge in [0.15, 0.2) is 0 Å². The lowest BCUT2D eigenvalue weighted by Gasteiger charge is -2.42. The summed E-state index contributed by atoms with van der Waals surface area (Å²) in [6.45, 7) is 0. The molecule has 3 aromatic carbocycles. The summed E-state index contributed by atoms with van der Waals surface area (Å²) in [6.07, 6.45) is 8.08. The van der Waals surface area contributed by atoms with E-state index >= 15 is 0 Å². The molecule has 2 aliphatic carbocycles. The third kappa shape index (κ3) is 4.22. The van der Waals surface area contributed by atoms with Crippen molar-refractivity contribution in [3.05, 3.63) is 106 Å². The molecule has 37 heavy (non-hydrogen) atoms. The Morgan fingerprint density at radius 2 is 1.76 bits per heavy atom. The number of rotatable bonds is 5. The number of hydrogen-bond acceptors (Lipinski definition) is 5. The number of hydrogen-bond donors (Lipinski definition) is 1. The molecular weight excluding hydrogens is 460 g/mol. The van der Waals surface area contributed by atoms with E-state index in [1.165, 1.54) is 12.0 Å². The molecule has 186 valence electrons. The Morgan fingerprint density at radius 1 is 0.973 bits per heavy atom. The Bertz CT molecular complexity index is 1520. The molecule has 1 N–H and O–H groups in total. The fourth-order valence-corrected chi connectivity index (χ4v) is 5.98. The second-order valence-electron chi connectivity index (χ2n) is 9.96. The molecule has 1 fully saturated rings. The predicted octanol–water partition coefficient (Wildman–Crippen LogP) is 6.11.